The van der Waals surface area contributed by atoms with Crippen LogP contribution in [0.25, 0.3) is 0 Å². The predicted molar refractivity (Wildman–Crippen MR) is 114 cm³/mol. The van der Waals surface area contributed by atoms with Gasteiger partial charge in [-0.2, -0.15) is 0 Å². The van der Waals surface area contributed by atoms with Gasteiger partial charge in [0.1, 0.15) is 0 Å². The number of benzene rings is 2. The zero-order valence-corrected chi connectivity index (χ0v) is 16.8. The summed E-state index contributed by atoms with van der Waals surface area (Å²) in [5.41, 5.74) is 2.65. The van der Waals surface area contributed by atoms with Gasteiger partial charge in [0.2, 0.25) is 0 Å². The molecule has 1 aliphatic rings. The molecule has 0 atom stereocenters. The van der Waals surface area contributed by atoms with Gasteiger partial charge >= 0.3 is 0 Å². The van der Waals surface area contributed by atoms with Crippen molar-refractivity contribution in [1.29, 1.82) is 0 Å². The first kappa shape index (κ1) is 19.0. The van der Waals surface area contributed by atoms with Crippen molar-refractivity contribution >= 4 is 34.9 Å². The molecule has 29 heavy (non-hydrogen) atoms. The fraction of sp³-hybridized carbons (Fsp3) is 0.130. The lowest BCUT2D eigenvalue weighted by molar-refractivity contribution is 0.0987. The number of rotatable bonds is 3. The normalized spacial score (nSPS) is 12.4. The highest BCUT2D eigenvalue weighted by molar-refractivity contribution is 7.99. The Hall–Kier alpha value is -3.30. The third-order valence-electron chi connectivity index (χ3n) is 4.59. The quantitative estimate of drug-likeness (QED) is 0.594. The Morgan fingerprint density at radius 1 is 1.17 bits per heavy atom. The molecule has 4 rings (SSSR count). The third kappa shape index (κ3) is 3.69. The van der Waals surface area contributed by atoms with E-state index in [9.17, 15) is 9.18 Å². The number of pyridine rings is 1. The zero-order chi connectivity index (χ0) is 20.4. The number of anilines is 3. The zero-order valence-electron chi connectivity index (χ0n) is 16.0. The second-order valence-electron chi connectivity index (χ2n) is 6.51. The van der Waals surface area contributed by atoms with Gasteiger partial charge in [-0.15, -0.1) is 5.92 Å². The van der Waals surface area contributed by atoms with Crippen molar-refractivity contribution in [2.24, 2.45) is 0 Å². The van der Waals surface area contributed by atoms with E-state index in [2.05, 4.69) is 22.1 Å². The van der Waals surface area contributed by atoms with Crippen LogP contribution in [0.15, 0.2) is 64.5 Å². The van der Waals surface area contributed by atoms with E-state index in [1.807, 2.05) is 42.5 Å². The SMILES string of the molecule is CC#CCN1C(=O)c2ccccc2Sc2cc(Nc3nccc(C)c3F)ccc21. The van der Waals surface area contributed by atoms with Crippen LogP contribution in [-0.2, 0) is 0 Å². The maximum atomic E-state index is 14.3. The molecule has 6 heteroatoms. The standard InChI is InChI=1S/C23H18FN3OS/c1-3-4-13-27-18-10-9-16(26-22-21(24)15(2)11-12-25-22)14-20(18)29-19-8-6-5-7-17(19)23(27)28/h5-12,14H,13H2,1-2H3,(H,25,26). The lowest BCUT2D eigenvalue weighted by Gasteiger charge is -2.21. The van der Waals surface area contributed by atoms with E-state index < -0.39 is 0 Å². The Balaban J connectivity index is 1.77. The minimum atomic E-state index is -0.379. The number of fused-ring (bicyclic) bond motifs is 2. The summed E-state index contributed by atoms with van der Waals surface area (Å²) in [4.78, 5) is 20.7. The molecule has 1 aromatic heterocycles. The molecule has 0 aliphatic carbocycles. The van der Waals surface area contributed by atoms with Crippen molar-refractivity contribution in [2.75, 3.05) is 16.8 Å². The second kappa shape index (κ2) is 7.98. The highest BCUT2D eigenvalue weighted by Crippen LogP contribution is 2.42. The number of nitrogens with zero attached hydrogens (tertiary/aromatic N) is 2. The first-order chi connectivity index (χ1) is 14.1. The number of hydrogen-bond donors (Lipinski definition) is 1. The largest absolute Gasteiger partial charge is 0.338 e. The maximum Gasteiger partial charge on any atom is 0.260 e. The van der Waals surface area contributed by atoms with Crippen molar-refractivity contribution in [3.63, 3.8) is 0 Å². The number of amides is 1. The molecule has 0 fully saturated rings. The minimum absolute atomic E-state index is 0.0818. The van der Waals surface area contributed by atoms with E-state index in [-0.39, 0.29) is 17.5 Å². The molecule has 144 valence electrons. The van der Waals surface area contributed by atoms with Crippen LogP contribution in [-0.4, -0.2) is 17.4 Å². The molecule has 0 spiro atoms. The number of aromatic nitrogens is 1. The fourth-order valence-corrected chi connectivity index (χ4v) is 4.20. The van der Waals surface area contributed by atoms with Crippen LogP contribution in [0.4, 0.5) is 21.6 Å². The van der Waals surface area contributed by atoms with Gasteiger partial charge in [0.05, 0.1) is 17.8 Å². The Bertz CT molecular complexity index is 1170. The summed E-state index contributed by atoms with van der Waals surface area (Å²) < 4.78 is 14.3. The molecular formula is C23H18FN3OS. The minimum Gasteiger partial charge on any atom is -0.338 e. The first-order valence-electron chi connectivity index (χ1n) is 9.09. The summed E-state index contributed by atoms with van der Waals surface area (Å²) in [6, 6.07) is 14.7. The van der Waals surface area contributed by atoms with Gasteiger partial charge in [-0.1, -0.05) is 29.8 Å². The molecule has 1 amide bonds. The van der Waals surface area contributed by atoms with E-state index >= 15 is 0 Å². The number of halogens is 1. The van der Waals surface area contributed by atoms with Crippen molar-refractivity contribution in [2.45, 2.75) is 23.6 Å². The van der Waals surface area contributed by atoms with Crippen LogP contribution < -0.4 is 10.2 Å². The van der Waals surface area contributed by atoms with Crippen LogP contribution in [0.5, 0.6) is 0 Å². The lowest BCUT2D eigenvalue weighted by atomic mass is 10.1. The molecule has 0 radical (unpaired) electrons. The summed E-state index contributed by atoms with van der Waals surface area (Å²) in [7, 11) is 0. The summed E-state index contributed by atoms with van der Waals surface area (Å²) in [5, 5.41) is 3.05. The fourth-order valence-electron chi connectivity index (χ4n) is 3.08. The van der Waals surface area contributed by atoms with E-state index in [1.54, 1.807) is 31.0 Å². The molecule has 0 bridgehead atoms. The van der Waals surface area contributed by atoms with Gasteiger partial charge in [0, 0.05) is 21.7 Å². The molecule has 0 saturated carbocycles. The number of hydrogen-bond acceptors (Lipinski definition) is 4. The van der Waals surface area contributed by atoms with Crippen molar-refractivity contribution < 1.29 is 9.18 Å². The number of carbonyl (C=O) groups excluding carboxylic acids is 1. The molecule has 3 aromatic rings. The lowest BCUT2D eigenvalue weighted by Crippen LogP contribution is -2.31. The molecule has 0 saturated heterocycles. The van der Waals surface area contributed by atoms with E-state index in [1.165, 1.54) is 11.8 Å². The molecule has 4 nitrogen and oxygen atoms in total. The average molecular weight is 403 g/mol. The average Bonchev–Trinajstić information content (AvgIpc) is 2.84. The van der Waals surface area contributed by atoms with Gasteiger partial charge in [-0.3, -0.25) is 9.69 Å². The van der Waals surface area contributed by atoms with Crippen molar-refractivity contribution in [3.8, 4) is 11.8 Å². The Kier molecular flexibility index (Phi) is 5.24. The summed E-state index contributed by atoms with van der Waals surface area (Å²) in [5.74, 6) is 5.55. The van der Waals surface area contributed by atoms with Gasteiger partial charge in [0.25, 0.3) is 5.91 Å². The number of aryl methyl sites for hydroxylation is 1. The number of nitrogens with one attached hydrogen (secondary N) is 1. The molecular weight excluding hydrogens is 385 g/mol. The first-order valence-corrected chi connectivity index (χ1v) is 9.90. The molecule has 2 aromatic carbocycles. The predicted octanol–water partition coefficient (Wildman–Crippen LogP) is 5.41. The molecule has 0 unspecified atom stereocenters. The smallest absolute Gasteiger partial charge is 0.260 e. The summed E-state index contributed by atoms with van der Waals surface area (Å²) in [6.45, 7) is 3.75. The van der Waals surface area contributed by atoms with Gasteiger partial charge < -0.3 is 5.32 Å². The summed E-state index contributed by atoms with van der Waals surface area (Å²) in [6.07, 6.45) is 1.57. The number of carbonyl (C=O) groups is 1. The topological polar surface area (TPSA) is 45.2 Å². The highest BCUT2D eigenvalue weighted by atomic mass is 32.2. The second-order valence-corrected chi connectivity index (χ2v) is 7.60. The van der Waals surface area contributed by atoms with E-state index in [0.717, 1.165) is 15.5 Å². The molecule has 1 aliphatic heterocycles. The van der Waals surface area contributed by atoms with Crippen LogP contribution in [0, 0.1) is 24.6 Å². The van der Waals surface area contributed by atoms with Crippen LogP contribution in [0.2, 0.25) is 0 Å². The van der Waals surface area contributed by atoms with Crippen LogP contribution in [0.3, 0.4) is 0 Å². The van der Waals surface area contributed by atoms with Crippen LogP contribution >= 0.6 is 11.8 Å². The van der Waals surface area contributed by atoms with Gasteiger partial charge in [-0.05, 0) is 55.8 Å². The Morgan fingerprint density at radius 2 is 2.00 bits per heavy atom. The highest BCUT2D eigenvalue weighted by Gasteiger charge is 2.27. The molecule has 1 N–H and O–H groups in total. The van der Waals surface area contributed by atoms with Crippen molar-refractivity contribution in [3.05, 3.63) is 71.7 Å². The maximum absolute atomic E-state index is 14.3. The van der Waals surface area contributed by atoms with Crippen molar-refractivity contribution in [1.82, 2.24) is 4.98 Å². The molecule has 2 heterocycles. The van der Waals surface area contributed by atoms with E-state index in [4.69, 9.17) is 0 Å². The van der Waals surface area contributed by atoms with Gasteiger partial charge in [0.15, 0.2) is 11.6 Å². The van der Waals surface area contributed by atoms with Gasteiger partial charge in [-0.25, -0.2) is 9.37 Å². The monoisotopic (exact) mass is 403 g/mol. The Labute approximate surface area is 173 Å². The van der Waals surface area contributed by atoms with E-state index in [0.29, 0.717) is 23.4 Å². The Morgan fingerprint density at radius 3 is 2.83 bits per heavy atom. The summed E-state index contributed by atoms with van der Waals surface area (Å²) >= 11 is 1.51. The van der Waals surface area contributed by atoms with Crippen LogP contribution in [0.1, 0.15) is 22.8 Å². The third-order valence-corrected chi connectivity index (χ3v) is 5.71.